The van der Waals surface area contributed by atoms with Gasteiger partial charge in [-0.05, 0) is 25.3 Å². The summed E-state index contributed by atoms with van der Waals surface area (Å²) in [5.41, 5.74) is 2.47. The summed E-state index contributed by atoms with van der Waals surface area (Å²) in [6.07, 6.45) is 4.24. The second-order valence-corrected chi connectivity index (χ2v) is 5.67. The quantitative estimate of drug-likeness (QED) is 0.787. The molecule has 1 amide bonds. The maximum atomic E-state index is 12.6. The van der Waals surface area contributed by atoms with Crippen LogP contribution in [0.1, 0.15) is 53.8 Å². The number of benzene rings is 1. The van der Waals surface area contributed by atoms with Gasteiger partial charge in [0.2, 0.25) is 0 Å². The third kappa shape index (κ3) is 4.42. The Bertz CT molecular complexity index is 622. The zero-order chi connectivity index (χ0) is 16.7. The number of aliphatic hydroxyl groups is 1. The molecule has 5 heteroatoms. The fourth-order valence-corrected chi connectivity index (χ4v) is 2.58. The van der Waals surface area contributed by atoms with Crippen molar-refractivity contribution >= 4 is 5.91 Å². The molecule has 0 spiro atoms. The standard InChI is InChI=1S/C18H25N3O2/c1-3-4-11-21-14(2)16(13-19-21)18(23)20-17(10-12-22)15-8-6-5-7-9-15/h5-9,13,17,22H,3-4,10-12H2,1-2H3,(H,20,23). The topological polar surface area (TPSA) is 67.2 Å². The number of hydrogen-bond donors (Lipinski definition) is 2. The number of carbonyl (C=O) groups is 1. The lowest BCUT2D eigenvalue weighted by Gasteiger charge is -2.18. The molecule has 1 heterocycles. The largest absolute Gasteiger partial charge is 0.396 e. The van der Waals surface area contributed by atoms with Gasteiger partial charge in [0.15, 0.2) is 0 Å². The molecule has 2 aromatic rings. The smallest absolute Gasteiger partial charge is 0.255 e. The highest BCUT2D eigenvalue weighted by atomic mass is 16.3. The Morgan fingerprint density at radius 2 is 2.09 bits per heavy atom. The lowest BCUT2D eigenvalue weighted by molar-refractivity contribution is 0.0929. The third-order valence-corrected chi connectivity index (χ3v) is 4.00. The van der Waals surface area contributed by atoms with Gasteiger partial charge in [-0.25, -0.2) is 0 Å². The lowest BCUT2D eigenvalue weighted by atomic mass is 10.0. The summed E-state index contributed by atoms with van der Waals surface area (Å²) in [6, 6.07) is 9.51. The predicted octanol–water partition coefficient (Wildman–Crippen LogP) is 2.85. The molecule has 5 nitrogen and oxygen atoms in total. The van der Waals surface area contributed by atoms with Crippen molar-refractivity contribution in [3.05, 3.63) is 53.3 Å². The summed E-state index contributed by atoms with van der Waals surface area (Å²) in [4.78, 5) is 12.6. The van der Waals surface area contributed by atoms with Crippen LogP contribution < -0.4 is 5.32 Å². The monoisotopic (exact) mass is 315 g/mol. The second-order valence-electron chi connectivity index (χ2n) is 5.67. The second kappa shape index (κ2) is 8.48. The minimum absolute atomic E-state index is 0.0224. The first-order valence-electron chi connectivity index (χ1n) is 8.16. The van der Waals surface area contributed by atoms with Gasteiger partial charge >= 0.3 is 0 Å². The van der Waals surface area contributed by atoms with E-state index in [4.69, 9.17) is 0 Å². The number of aromatic nitrogens is 2. The summed E-state index contributed by atoms with van der Waals surface area (Å²) in [7, 11) is 0. The van der Waals surface area contributed by atoms with Gasteiger partial charge in [0.1, 0.15) is 0 Å². The molecule has 1 unspecified atom stereocenters. The van der Waals surface area contributed by atoms with Crippen LogP contribution in [0.15, 0.2) is 36.5 Å². The van der Waals surface area contributed by atoms with E-state index in [2.05, 4.69) is 17.3 Å². The van der Waals surface area contributed by atoms with Crippen molar-refractivity contribution in [1.29, 1.82) is 0 Å². The number of nitrogens with one attached hydrogen (secondary N) is 1. The van der Waals surface area contributed by atoms with Crippen molar-refractivity contribution < 1.29 is 9.90 Å². The molecule has 0 saturated carbocycles. The average Bonchev–Trinajstić information content (AvgIpc) is 2.94. The van der Waals surface area contributed by atoms with Crippen LogP contribution in [0.25, 0.3) is 0 Å². The molecule has 2 N–H and O–H groups in total. The molecule has 0 aliphatic carbocycles. The van der Waals surface area contributed by atoms with E-state index in [1.54, 1.807) is 6.20 Å². The fraction of sp³-hybridized carbons (Fsp3) is 0.444. The summed E-state index contributed by atoms with van der Waals surface area (Å²) in [5.74, 6) is -0.146. The Hall–Kier alpha value is -2.14. The molecular weight excluding hydrogens is 290 g/mol. The van der Waals surface area contributed by atoms with Crippen molar-refractivity contribution in [2.45, 2.75) is 45.7 Å². The summed E-state index contributed by atoms with van der Waals surface area (Å²) in [6.45, 7) is 4.90. The summed E-state index contributed by atoms with van der Waals surface area (Å²) >= 11 is 0. The third-order valence-electron chi connectivity index (χ3n) is 4.00. The molecule has 124 valence electrons. The molecule has 2 rings (SSSR count). The molecular formula is C18H25N3O2. The molecule has 0 aliphatic rings. The van der Waals surface area contributed by atoms with Crippen molar-refractivity contribution in [3.8, 4) is 0 Å². The van der Waals surface area contributed by atoms with Crippen LogP contribution >= 0.6 is 0 Å². The Morgan fingerprint density at radius 1 is 1.35 bits per heavy atom. The van der Waals surface area contributed by atoms with E-state index in [-0.39, 0.29) is 18.6 Å². The average molecular weight is 315 g/mol. The first kappa shape index (κ1) is 17.2. The Kier molecular flexibility index (Phi) is 6.35. The fourth-order valence-electron chi connectivity index (χ4n) is 2.58. The Morgan fingerprint density at radius 3 is 2.74 bits per heavy atom. The van der Waals surface area contributed by atoms with Crippen LogP contribution in [0.5, 0.6) is 0 Å². The molecule has 1 atom stereocenters. The normalized spacial score (nSPS) is 12.1. The van der Waals surface area contributed by atoms with E-state index in [1.165, 1.54) is 0 Å². The van der Waals surface area contributed by atoms with Gasteiger partial charge in [0, 0.05) is 18.8 Å². The zero-order valence-electron chi connectivity index (χ0n) is 13.8. The van der Waals surface area contributed by atoms with Gasteiger partial charge in [-0.2, -0.15) is 5.10 Å². The van der Waals surface area contributed by atoms with Gasteiger partial charge in [-0.1, -0.05) is 43.7 Å². The molecule has 1 aromatic carbocycles. The molecule has 23 heavy (non-hydrogen) atoms. The van der Waals surface area contributed by atoms with Crippen LogP contribution in [0.4, 0.5) is 0 Å². The highest BCUT2D eigenvalue weighted by Crippen LogP contribution is 2.18. The van der Waals surface area contributed by atoms with Crippen molar-refractivity contribution in [1.82, 2.24) is 15.1 Å². The van der Waals surface area contributed by atoms with Crippen molar-refractivity contribution in [3.63, 3.8) is 0 Å². The Labute approximate surface area is 137 Å². The van der Waals surface area contributed by atoms with Crippen LogP contribution in [0, 0.1) is 6.92 Å². The van der Waals surface area contributed by atoms with Gasteiger partial charge in [-0.15, -0.1) is 0 Å². The number of carbonyl (C=O) groups excluding carboxylic acids is 1. The molecule has 0 aliphatic heterocycles. The van der Waals surface area contributed by atoms with Gasteiger partial charge in [-0.3, -0.25) is 9.48 Å². The van der Waals surface area contributed by atoms with Crippen LogP contribution in [0.2, 0.25) is 0 Å². The minimum atomic E-state index is -0.202. The van der Waals surface area contributed by atoms with Crippen LogP contribution in [-0.2, 0) is 6.54 Å². The van der Waals surface area contributed by atoms with Crippen LogP contribution in [-0.4, -0.2) is 27.4 Å². The van der Waals surface area contributed by atoms with E-state index in [0.29, 0.717) is 12.0 Å². The summed E-state index contributed by atoms with van der Waals surface area (Å²) < 4.78 is 1.88. The predicted molar refractivity (Wildman–Crippen MR) is 90.2 cm³/mol. The van der Waals surface area contributed by atoms with Crippen molar-refractivity contribution in [2.75, 3.05) is 6.61 Å². The number of amides is 1. The first-order chi connectivity index (χ1) is 11.2. The number of hydrogen-bond acceptors (Lipinski definition) is 3. The number of aryl methyl sites for hydroxylation is 1. The van der Waals surface area contributed by atoms with E-state index in [1.807, 2.05) is 41.9 Å². The molecule has 0 bridgehead atoms. The Balaban J connectivity index is 2.11. The molecule has 1 aromatic heterocycles. The van der Waals surface area contributed by atoms with Gasteiger partial charge < -0.3 is 10.4 Å². The van der Waals surface area contributed by atoms with E-state index in [0.717, 1.165) is 30.6 Å². The number of nitrogens with zero attached hydrogens (tertiary/aromatic N) is 2. The molecule has 0 fully saturated rings. The van der Waals surface area contributed by atoms with Crippen molar-refractivity contribution in [2.24, 2.45) is 0 Å². The van der Waals surface area contributed by atoms with Gasteiger partial charge in [0.25, 0.3) is 5.91 Å². The highest BCUT2D eigenvalue weighted by Gasteiger charge is 2.19. The highest BCUT2D eigenvalue weighted by molar-refractivity contribution is 5.95. The first-order valence-corrected chi connectivity index (χ1v) is 8.16. The van der Waals surface area contributed by atoms with E-state index < -0.39 is 0 Å². The van der Waals surface area contributed by atoms with Crippen LogP contribution in [0.3, 0.4) is 0 Å². The van der Waals surface area contributed by atoms with E-state index >= 15 is 0 Å². The van der Waals surface area contributed by atoms with E-state index in [9.17, 15) is 9.90 Å². The maximum Gasteiger partial charge on any atom is 0.255 e. The van der Waals surface area contributed by atoms with Gasteiger partial charge in [0.05, 0.1) is 17.8 Å². The number of unbranched alkanes of at least 4 members (excludes halogenated alkanes) is 1. The lowest BCUT2D eigenvalue weighted by Crippen LogP contribution is -2.29. The molecule has 0 saturated heterocycles. The maximum absolute atomic E-state index is 12.6. The molecule has 0 radical (unpaired) electrons. The number of aliphatic hydroxyl groups excluding tert-OH is 1. The number of rotatable bonds is 8. The zero-order valence-corrected chi connectivity index (χ0v) is 13.8. The minimum Gasteiger partial charge on any atom is -0.396 e. The SMILES string of the molecule is CCCCn1ncc(C(=O)NC(CCO)c2ccccc2)c1C. The summed E-state index contributed by atoms with van der Waals surface area (Å²) in [5, 5.41) is 16.6.